The third-order valence-corrected chi connectivity index (χ3v) is 8.08. The number of sulfonamides is 1. The van der Waals surface area contributed by atoms with E-state index in [2.05, 4.69) is 20.4 Å². The number of nitrogens with zero attached hydrogens (tertiary/aromatic N) is 3. The molecule has 0 atom stereocenters. The van der Waals surface area contributed by atoms with E-state index in [1.807, 2.05) is 50.2 Å². The number of nitrogens with one attached hydrogen (secondary N) is 2. The van der Waals surface area contributed by atoms with Crippen LogP contribution in [0.15, 0.2) is 94.9 Å². The van der Waals surface area contributed by atoms with E-state index in [-0.39, 0.29) is 16.5 Å². The Hall–Kier alpha value is -4.90. The van der Waals surface area contributed by atoms with E-state index in [1.165, 1.54) is 44.5 Å². The summed E-state index contributed by atoms with van der Waals surface area (Å²) in [6.07, 6.45) is 1.53. The van der Waals surface area contributed by atoms with Crippen LogP contribution in [0.3, 0.4) is 0 Å². The first-order valence-electron chi connectivity index (χ1n) is 12.7. The number of carbonyl (C=O) groups excluding carboxylic acids is 2. The van der Waals surface area contributed by atoms with E-state index < -0.39 is 22.5 Å². The summed E-state index contributed by atoms with van der Waals surface area (Å²) < 4.78 is 35.6. The molecule has 0 spiro atoms. The molecule has 0 radical (unpaired) electrons. The van der Waals surface area contributed by atoms with Crippen molar-refractivity contribution in [1.82, 2.24) is 9.99 Å². The van der Waals surface area contributed by atoms with Crippen LogP contribution in [-0.4, -0.2) is 44.7 Å². The van der Waals surface area contributed by atoms with Crippen molar-refractivity contribution < 1.29 is 22.7 Å². The number of ether oxygens (including phenoxy) is 1. The first-order chi connectivity index (χ1) is 19.6. The minimum Gasteiger partial charge on any atom is -0.497 e. The van der Waals surface area contributed by atoms with Gasteiger partial charge >= 0.3 is 0 Å². The summed E-state index contributed by atoms with van der Waals surface area (Å²) in [6, 6.07) is 23.9. The summed E-state index contributed by atoms with van der Waals surface area (Å²) in [5, 5.41) is 6.70. The van der Waals surface area contributed by atoms with Crippen LogP contribution in [-0.2, 0) is 19.6 Å². The van der Waals surface area contributed by atoms with Gasteiger partial charge in [0.1, 0.15) is 12.3 Å². The number of aromatic nitrogens is 1. The summed E-state index contributed by atoms with van der Waals surface area (Å²) in [5.41, 5.74) is 6.93. The molecule has 0 saturated heterocycles. The Labute approximate surface area is 239 Å². The highest BCUT2D eigenvalue weighted by atomic mass is 32.2. The van der Waals surface area contributed by atoms with Crippen molar-refractivity contribution in [3.05, 3.63) is 102 Å². The highest BCUT2D eigenvalue weighted by molar-refractivity contribution is 7.92. The Bertz CT molecular complexity index is 1660. The van der Waals surface area contributed by atoms with Crippen LogP contribution in [0.4, 0.5) is 11.4 Å². The third-order valence-electron chi connectivity index (χ3n) is 6.29. The summed E-state index contributed by atoms with van der Waals surface area (Å²) in [6.45, 7) is 4.77. The largest absolute Gasteiger partial charge is 0.497 e. The summed E-state index contributed by atoms with van der Waals surface area (Å²) in [4.78, 5) is 24.2. The van der Waals surface area contributed by atoms with Gasteiger partial charge in [-0.3, -0.25) is 13.9 Å². The molecule has 2 amide bonds. The van der Waals surface area contributed by atoms with Crippen LogP contribution in [0.2, 0.25) is 0 Å². The molecular formula is C30H31N5O5S. The van der Waals surface area contributed by atoms with Gasteiger partial charge in [-0.25, -0.2) is 13.8 Å². The highest BCUT2D eigenvalue weighted by Crippen LogP contribution is 2.26. The normalized spacial score (nSPS) is 11.3. The number of benzene rings is 3. The van der Waals surface area contributed by atoms with Gasteiger partial charge in [-0.1, -0.05) is 18.2 Å². The fourth-order valence-corrected chi connectivity index (χ4v) is 5.76. The van der Waals surface area contributed by atoms with Crippen molar-refractivity contribution in [3.63, 3.8) is 0 Å². The molecule has 10 nitrogen and oxygen atoms in total. The predicted molar refractivity (Wildman–Crippen MR) is 159 cm³/mol. The lowest BCUT2D eigenvalue weighted by atomic mass is 10.2. The quantitative estimate of drug-likeness (QED) is 0.215. The van der Waals surface area contributed by atoms with Crippen molar-refractivity contribution in [1.29, 1.82) is 0 Å². The van der Waals surface area contributed by atoms with E-state index in [4.69, 9.17) is 4.74 Å². The third kappa shape index (κ3) is 6.82. The molecular weight excluding hydrogens is 542 g/mol. The molecule has 0 saturated carbocycles. The minimum atomic E-state index is -4.17. The molecule has 0 unspecified atom stereocenters. The highest BCUT2D eigenvalue weighted by Gasteiger charge is 2.27. The van der Waals surface area contributed by atoms with Gasteiger partial charge in [0.05, 0.1) is 23.9 Å². The van der Waals surface area contributed by atoms with Crippen LogP contribution in [0.25, 0.3) is 5.69 Å². The zero-order valence-electron chi connectivity index (χ0n) is 23.2. The van der Waals surface area contributed by atoms with Gasteiger partial charge in [0.25, 0.3) is 15.9 Å². The lowest BCUT2D eigenvalue weighted by Crippen LogP contribution is -2.39. The van der Waals surface area contributed by atoms with Gasteiger partial charge in [-0.2, -0.15) is 5.10 Å². The monoisotopic (exact) mass is 573 g/mol. The Morgan fingerprint density at radius 2 is 1.63 bits per heavy atom. The molecule has 1 aromatic heterocycles. The number of methoxy groups -OCH3 is 1. The maximum absolute atomic E-state index is 13.7. The van der Waals surface area contributed by atoms with Crippen molar-refractivity contribution in [3.8, 4) is 11.4 Å². The zero-order valence-corrected chi connectivity index (χ0v) is 24.0. The van der Waals surface area contributed by atoms with Gasteiger partial charge in [0.2, 0.25) is 5.91 Å². The fourth-order valence-electron chi connectivity index (χ4n) is 4.34. The molecule has 0 bridgehead atoms. The molecule has 0 fully saturated rings. The Kier molecular flexibility index (Phi) is 8.88. The first kappa shape index (κ1) is 29.1. The van der Waals surface area contributed by atoms with E-state index in [1.54, 1.807) is 24.3 Å². The second-order valence-corrected chi connectivity index (χ2v) is 11.1. The average Bonchev–Trinajstić information content (AvgIpc) is 3.24. The maximum atomic E-state index is 13.7. The lowest BCUT2D eigenvalue weighted by Gasteiger charge is -2.24. The molecule has 4 rings (SSSR count). The van der Waals surface area contributed by atoms with E-state index in [0.29, 0.717) is 11.4 Å². The lowest BCUT2D eigenvalue weighted by molar-refractivity contribution is -0.119. The molecule has 41 heavy (non-hydrogen) atoms. The second-order valence-electron chi connectivity index (χ2n) is 9.21. The Balaban J connectivity index is 1.56. The minimum absolute atomic E-state index is 0.0490. The molecule has 4 aromatic rings. The van der Waals surface area contributed by atoms with E-state index in [9.17, 15) is 18.0 Å². The SMILES string of the molecule is COc1ccc(N(CC(=O)N/N=C\c2cc(C)n(-c3ccccc3)c2C)S(=O)(=O)c2ccc(NC(C)=O)cc2)cc1. The molecule has 11 heteroatoms. The van der Waals surface area contributed by atoms with Crippen LogP contribution >= 0.6 is 0 Å². The van der Waals surface area contributed by atoms with Crippen molar-refractivity contribution in [2.45, 2.75) is 25.7 Å². The molecule has 0 aliphatic carbocycles. The average molecular weight is 574 g/mol. The van der Waals surface area contributed by atoms with Crippen molar-refractivity contribution in [2.24, 2.45) is 5.10 Å². The Morgan fingerprint density at radius 3 is 2.24 bits per heavy atom. The smallest absolute Gasteiger partial charge is 0.264 e. The zero-order chi connectivity index (χ0) is 29.6. The fraction of sp³-hybridized carbons (Fsp3) is 0.167. The number of hydrogen-bond acceptors (Lipinski definition) is 6. The summed E-state index contributed by atoms with van der Waals surface area (Å²) in [5.74, 6) is -0.375. The summed E-state index contributed by atoms with van der Waals surface area (Å²) in [7, 11) is -2.66. The first-order valence-corrected chi connectivity index (χ1v) is 14.1. The number of aryl methyl sites for hydroxylation is 1. The standard InChI is InChI=1S/C30H31N5O5S/c1-21-18-24(22(2)35(21)27-8-6-5-7-9-27)19-31-33-30(37)20-34(26-12-14-28(40-4)15-13-26)41(38,39)29-16-10-25(11-17-29)32-23(3)36/h5-19H,20H2,1-4H3,(H,32,36)(H,33,37)/b31-19-. The number of para-hydroxylation sites is 1. The van der Waals surface area contributed by atoms with Gasteiger partial charge in [0, 0.05) is 35.2 Å². The Morgan fingerprint density at radius 1 is 0.976 bits per heavy atom. The number of carbonyl (C=O) groups is 2. The van der Waals surface area contributed by atoms with Crippen LogP contribution in [0.1, 0.15) is 23.9 Å². The molecule has 1 heterocycles. The number of rotatable bonds is 10. The number of anilines is 2. The van der Waals surface area contributed by atoms with Gasteiger partial charge in [-0.05, 0) is 80.6 Å². The molecule has 2 N–H and O–H groups in total. The van der Waals surface area contributed by atoms with E-state index in [0.717, 1.165) is 26.9 Å². The van der Waals surface area contributed by atoms with Gasteiger partial charge in [-0.15, -0.1) is 0 Å². The van der Waals surface area contributed by atoms with Crippen molar-refractivity contribution in [2.75, 3.05) is 23.3 Å². The van der Waals surface area contributed by atoms with Crippen LogP contribution < -0.4 is 19.8 Å². The molecule has 0 aliphatic rings. The topological polar surface area (TPSA) is 122 Å². The molecule has 212 valence electrons. The number of hydrogen-bond donors (Lipinski definition) is 2. The maximum Gasteiger partial charge on any atom is 0.264 e. The molecule has 0 aliphatic heterocycles. The van der Waals surface area contributed by atoms with Crippen molar-refractivity contribution >= 4 is 39.4 Å². The number of amides is 2. The predicted octanol–water partition coefficient (Wildman–Crippen LogP) is 4.41. The summed E-state index contributed by atoms with van der Waals surface area (Å²) >= 11 is 0. The van der Waals surface area contributed by atoms with Crippen LogP contribution in [0.5, 0.6) is 5.75 Å². The second kappa shape index (κ2) is 12.5. The number of hydrazone groups is 1. The van der Waals surface area contributed by atoms with E-state index >= 15 is 0 Å². The van der Waals surface area contributed by atoms with Crippen LogP contribution in [0, 0.1) is 13.8 Å². The molecule has 3 aromatic carbocycles. The van der Waals surface area contributed by atoms with Gasteiger partial charge < -0.3 is 14.6 Å². The van der Waals surface area contributed by atoms with Gasteiger partial charge in [0.15, 0.2) is 0 Å².